The van der Waals surface area contributed by atoms with E-state index in [1.54, 1.807) is 0 Å². The molecule has 1 saturated carbocycles. The quantitative estimate of drug-likeness (QED) is 0.862. The number of ether oxygens (including phenoxy) is 2. The van der Waals surface area contributed by atoms with Gasteiger partial charge in [-0.25, -0.2) is 0 Å². The van der Waals surface area contributed by atoms with Gasteiger partial charge in [0.2, 0.25) is 6.10 Å². The van der Waals surface area contributed by atoms with Crippen LogP contribution in [0.15, 0.2) is 24.3 Å². The van der Waals surface area contributed by atoms with Crippen LogP contribution in [-0.4, -0.2) is 30.0 Å². The lowest BCUT2D eigenvalue weighted by Gasteiger charge is -2.25. The van der Waals surface area contributed by atoms with Crippen molar-refractivity contribution in [1.82, 2.24) is 5.32 Å². The fraction of sp³-hybridized carbons (Fsp3) is 0.500. The number of benzene rings is 1. The molecule has 1 aliphatic carbocycles. The Bertz CT molecular complexity index is 476. The van der Waals surface area contributed by atoms with Crippen molar-refractivity contribution in [2.24, 2.45) is 5.92 Å². The van der Waals surface area contributed by atoms with Gasteiger partial charge < -0.3 is 14.8 Å². The summed E-state index contributed by atoms with van der Waals surface area (Å²) in [5.41, 5.74) is 0. The Kier molecular flexibility index (Phi) is 3.64. The third-order valence-corrected chi connectivity index (χ3v) is 4.48. The third kappa shape index (κ3) is 3.03. The fourth-order valence-corrected chi connectivity index (χ4v) is 2.78. The van der Waals surface area contributed by atoms with Crippen LogP contribution < -0.4 is 14.8 Å². The van der Waals surface area contributed by atoms with Gasteiger partial charge in [0.25, 0.3) is 5.91 Å². The lowest BCUT2D eigenvalue weighted by atomic mass is 10.2. The molecule has 5 heteroatoms. The molecule has 0 radical (unpaired) electrons. The summed E-state index contributed by atoms with van der Waals surface area (Å²) in [6.45, 7) is 0.907. The van der Waals surface area contributed by atoms with E-state index in [0.717, 1.165) is 0 Å². The number of hydrogen-bond donors (Lipinski definition) is 1. The van der Waals surface area contributed by atoms with E-state index in [1.807, 2.05) is 24.3 Å². The summed E-state index contributed by atoms with van der Waals surface area (Å²) in [6.07, 6.45) is 1.94. The summed E-state index contributed by atoms with van der Waals surface area (Å²) in [4.78, 5) is 12.4. The molecule has 4 nitrogen and oxygen atoms in total. The minimum absolute atomic E-state index is 0.111. The number of hydrogen-bond acceptors (Lipinski definition) is 3. The van der Waals surface area contributed by atoms with Crippen LogP contribution in [0.1, 0.15) is 12.8 Å². The summed E-state index contributed by atoms with van der Waals surface area (Å²) in [6, 6.07) is 7.40. The van der Waals surface area contributed by atoms with E-state index in [4.69, 9.17) is 9.47 Å². The van der Waals surface area contributed by atoms with Crippen molar-refractivity contribution < 1.29 is 14.3 Å². The molecule has 1 aliphatic heterocycles. The van der Waals surface area contributed by atoms with Crippen LogP contribution in [0.5, 0.6) is 11.5 Å². The smallest absolute Gasteiger partial charge is 0.264 e. The molecule has 2 atom stereocenters. The Morgan fingerprint density at radius 2 is 2.11 bits per heavy atom. The first-order valence-corrected chi connectivity index (χ1v) is 7.46. The average Bonchev–Trinajstić information content (AvgIpc) is 3.28. The molecular weight excluding hydrogens is 310 g/mol. The van der Waals surface area contributed by atoms with Crippen LogP contribution in [0.25, 0.3) is 0 Å². The lowest BCUT2D eigenvalue weighted by molar-refractivity contribution is -0.130. The zero-order valence-corrected chi connectivity index (χ0v) is 12.1. The van der Waals surface area contributed by atoms with E-state index in [1.165, 1.54) is 12.8 Å². The maximum absolute atomic E-state index is 12.0. The number of rotatable bonds is 4. The zero-order valence-electron chi connectivity index (χ0n) is 10.5. The Labute approximate surface area is 120 Å². The number of fused-ring (bicyclic) bond motifs is 1. The van der Waals surface area contributed by atoms with Gasteiger partial charge in [0.05, 0.1) is 0 Å². The van der Waals surface area contributed by atoms with Gasteiger partial charge in [0.15, 0.2) is 11.5 Å². The molecule has 0 spiro atoms. The molecule has 0 saturated heterocycles. The number of alkyl halides is 1. The number of amides is 1. The molecule has 1 N–H and O–H groups in total. The molecule has 19 heavy (non-hydrogen) atoms. The molecule has 0 aromatic heterocycles. The first-order valence-electron chi connectivity index (χ1n) is 6.54. The lowest BCUT2D eigenvalue weighted by Crippen LogP contribution is -2.45. The topological polar surface area (TPSA) is 47.6 Å². The minimum atomic E-state index is -0.561. The number of halogens is 1. The van der Waals surface area contributed by atoms with Crippen molar-refractivity contribution in [1.29, 1.82) is 0 Å². The summed E-state index contributed by atoms with van der Waals surface area (Å²) >= 11 is 3.60. The summed E-state index contributed by atoms with van der Waals surface area (Å²) in [5.74, 6) is 1.93. The van der Waals surface area contributed by atoms with Gasteiger partial charge in [-0.3, -0.25) is 4.79 Å². The highest BCUT2D eigenvalue weighted by Crippen LogP contribution is 2.36. The second-order valence-electron chi connectivity index (χ2n) is 4.96. The van der Waals surface area contributed by atoms with Gasteiger partial charge >= 0.3 is 0 Å². The number of carbonyl (C=O) groups excluding carboxylic acids is 1. The number of carbonyl (C=O) groups is 1. The van der Waals surface area contributed by atoms with Gasteiger partial charge in [-0.2, -0.15) is 0 Å². The Hall–Kier alpha value is -1.23. The monoisotopic (exact) mass is 325 g/mol. The van der Waals surface area contributed by atoms with Crippen LogP contribution in [0.3, 0.4) is 0 Å². The molecule has 1 heterocycles. The third-order valence-electron chi connectivity index (χ3n) is 3.41. The van der Waals surface area contributed by atoms with Crippen molar-refractivity contribution in [2.45, 2.75) is 23.8 Å². The van der Waals surface area contributed by atoms with E-state index >= 15 is 0 Å². The molecule has 3 rings (SSSR count). The average molecular weight is 326 g/mol. The van der Waals surface area contributed by atoms with Crippen LogP contribution in [0.2, 0.25) is 0 Å². The summed E-state index contributed by atoms with van der Waals surface area (Å²) < 4.78 is 11.2. The molecule has 2 aliphatic rings. The van der Waals surface area contributed by atoms with Gasteiger partial charge in [-0.1, -0.05) is 28.1 Å². The SMILES string of the molecule is O=C(NCC(Br)C1CC1)C1COc2ccccc2O1. The number of nitrogens with one attached hydrogen (secondary N) is 1. The predicted molar refractivity (Wildman–Crippen MR) is 74.8 cm³/mol. The van der Waals surface area contributed by atoms with Crippen LogP contribution >= 0.6 is 15.9 Å². The highest BCUT2D eigenvalue weighted by Gasteiger charge is 2.31. The summed E-state index contributed by atoms with van der Waals surface area (Å²) in [7, 11) is 0. The second kappa shape index (κ2) is 5.41. The highest BCUT2D eigenvalue weighted by atomic mass is 79.9. The van der Waals surface area contributed by atoms with E-state index in [-0.39, 0.29) is 12.5 Å². The standard InChI is InChI=1S/C14H16BrNO3/c15-10(9-5-6-9)7-16-14(17)13-8-18-11-3-1-2-4-12(11)19-13/h1-4,9-10,13H,5-8H2,(H,16,17). The first kappa shape index (κ1) is 12.8. The van der Waals surface area contributed by atoms with Gasteiger partial charge in [-0.05, 0) is 30.9 Å². The molecule has 1 amide bonds. The maximum atomic E-state index is 12.0. The molecule has 102 valence electrons. The molecule has 1 aromatic rings. The largest absolute Gasteiger partial charge is 0.485 e. The van der Waals surface area contributed by atoms with Crippen molar-refractivity contribution in [3.63, 3.8) is 0 Å². The van der Waals surface area contributed by atoms with Crippen LogP contribution in [0.4, 0.5) is 0 Å². The van der Waals surface area contributed by atoms with Crippen LogP contribution in [0, 0.1) is 5.92 Å². The molecular formula is C14H16BrNO3. The summed E-state index contributed by atoms with van der Waals surface area (Å²) in [5, 5.41) is 2.91. The van der Waals surface area contributed by atoms with Crippen molar-refractivity contribution in [2.75, 3.05) is 13.2 Å². The van der Waals surface area contributed by atoms with Gasteiger partial charge in [0.1, 0.15) is 6.61 Å². The van der Waals surface area contributed by atoms with E-state index in [0.29, 0.717) is 28.8 Å². The maximum Gasteiger partial charge on any atom is 0.264 e. The normalized spacial score (nSPS) is 22.7. The zero-order chi connectivity index (χ0) is 13.2. The first-order chi connectivity index (χ1) is 9.24. The van der Waals surface area contributed by atoms with Crippen LogP contribution in [-0.2, 0) is 4.79 Å². The van der Waals surface area contributed by atoms with Crippen molar-refractivity contribution >= 4 is 21.8 Å². The van der Waals surface area contributed by atoms with E-state index in [2.05, 4.69) is 21.2 Å². The fourth-order valence-electron chi connectivity index (χ4n) is 2.09. The minimum Gasteiger partial charge on any atom is -0.485 e. The van der Waals surface area contributed by atoms with E-state index < -0.39 is 6.10 Å². The molecule has 0 bridgehead atoms. The van der Waals surface area contributed by atoms with Gasteiger partial charge in [0, 0.05) is 11.4 Å². The Morgan fingerprint density at radius 1 is 1.37 bits per heavy atom. The van der Waals surface area contributed by atoms with Crippen molar-refractivity contribution in [3.05, 3.63) is 24.3 Å². The van der Waals surface area contributed by atoms with Gasteiger partial charge in [-0.15, -0.1) is 0 Å². The van der Waals surface area contributed by atoms with Crippen molar-refractivity contribution in [3.8, 4) is 11.5 Å². The predicted octanol–water partition coefficient (Wildman–Crippen LogP) is 2.12. The highest BCUT2D eigenvalue weighted by molar-refractivity contribution is 9.09. The molecule has 2 unspecified atom stereocenters. The second-order valence-corrected chi connectivity index (χ2v) is 6.14. The molecule has 1 fully saturated rings. The van der Waals surface area contributed by atoms with E-state index in [9.17, 15) is 4.79 Å². The Balaban J connectivity index is 1.53. The molecule has 1 aromatic carbocycles. The Morgan fingerprint density at radius 3 is 2.84 bits per heavy atom. The number of para-hydroxylation sites is 2.